The van der Waals surface area contributed by atoms with Crippen LogP contribution < -0.4 is 15.8 Å². The van der Waals surface area contributed by atoms with E-state index < -0.39 is 0 Å². The molecule has 4 heteroatoms. The van der Waals surface area contributed by atoms with E-state index in [1.54, 1.807) is 0 Å². The molecule has 4 N–H and O–H groups in total. The van der Waals surface area contributed by atoms with E-state index in [1.807, 2.05) is 25.1 Å². The van der Waals surface area contributed by atoms with Gasteiger partial charge in [-0.3, -0.25) is 0 Å². The van der Waals surface area contributed by atoms with Crippen LogP contribution in [0.2, 0.25) is 0 Å². The highest BCUT2D eigenvalue weighted by atomic mass is 16.5. The Morgan fingerprint density at radius 3 is 2.81 bits per heavy atom. The van der Waals surface area contributed by atoms with Gasteiger partial charge in [0.2, 0.25) is 0 Å². The molecule has 0 atom stereocenters. The second-order valence-electron chi connectivity index (χ2n) is 4.25. The number of rotatable bonds is 5. The fourth-order valence-electron chi connectivity index (χ4n) is 1.67. The fraction of sp³-hybridized carbons (Fsp3) is 0.500. The van der Waals surface area contributed by atoms with Crippen molar-refractivity contribution in [1.82, 2.24) is 0 Å². The van der Waals surface area contributed by atoms with Gasteiger partial charge in [-0.05, 0) is 31.9 Å². The summed E-state index contributed by atoms with van der Waals surface area (Å²) >= 11 is 0. The lowest BCUT2D eigenvalue weighted by atomic mass is 10.2. The Balaban J connectivity index is 2.12. The van der Waals surface area contributed by atoms with Crippen molar-refractivity contribution in [2.24, 2.45) is 0 Å². The highest BCUT2D eigenvalue weighted by Gasteiger charge is 2.41. The number of hydrogen-bond donors (Lipinski definition) is 3. The predicted molar refractivity (Wildman–Crippen MR) is 64.7 cm³/mol. The van der Waals surface area contributed by atoms with Gasteiger partial charge in [0, 0.05) is 11.8 Å². The van der Waals surface area contributed by atoms with Gasteiger partial charge in [0.25, 0.3) is 0 Å². The first-order valence-electron chi connectivity index (χ1n) is 5.60. The zero-order valence-corrected chi connectivity index (χ0v) is 9.49. The number of nitrogen functional groups attached to an aromatic ring is 1. The quantitative estimate of drug-likeness (QED) is 0.662. The molecule has 0 heterocycles. The topological polar surface area (TPSA) is 67.5 Å². The van der Waals surface area contributed by atoms with E-state index in [-0.39, 0.29) is 12.1 Å². The molecular formula is C12H18N2O2. The highest BCUT2D eigenvalue weighted by Crippen LogP contribution is 2.39. The minimum absolute atomic E-state index is 0.112. The van der Waals surface area contributed by atoms with Gasteiger partial charge in [-0.2, -0.15) is 0 Å². The average Bonchev–Trinajstić information content (AvgIpc) is 3.04. The Labute approximate surface area is 95.4 Å². The van der Waals surface area contributed by atoms with Gasteiger partial charge >= 0.3 is 0 Å². The molecule has 0 aromatic heterocycles. The van der Waals surface area contributed by atoms with Crippen LogP contribution in [0.3, 0.4) is 0 Å². The number of nitrogens with one attached hydrogen (secondary N) is 1. The van der Waals surface area contributed by atoms with Crippen LogP contribution in [0.15, 0.2) is 18.2 Å². The second-order valence-corrected chi connectivity index (χ2v) is 4.25. The van der Waals surface area contributed by atoms with E-state index in [1.165, 1.54) is 0 Å². The standard InChI is InChI=1S/C12H18N2O2/c1-2-16-11-7-9(3-4-10(11)13)14-12(8-15)5-6-12/h3-4,7,14-15H,2,5-6,8,13H2,1H3. The third kappa shape index (κ3) is 2.22. The molecule has 0 unspecified atom stereocenters. The largest absolute Gasteiger partial charge is 0.492 e. The zero-order chi connectivity index (χ0) is 11.6. The molecular weight excluding hydrogens is 204 g/mol. The molecule has 1 saturated carbocycles. The fourth-order valence-corrected chi connectivity index (χ4v) is 1.67. The van der Waals surface area contributed by atoms with Gasteiger partial charge in [-0.1, -0.05) is 0 Å². The van der Waals surface area contributed by atoms with Crippen LogP contribution in [0.25, 0.3) is 0 Å². The molecule has 1 aromatic carbocycles. The first-order valence-corrected chi connectivity index (χ1v) is 5.60. The van der Waals surface area contributed by atoms with Gasteiger partial charge in [-0.25, -0.2) is 0 Å². The molecule has 0 bridgehead atoms. The van der Waals surface area contributed by atoms with Crippen molar-refractivity contribution < 1.29 is 9.84 Å². The van der Waals surface area contributed by atoms with Gasteiger partial charge in [0.15, 0.2) is 0 Å². The van der Waals surface area contributed by atoms with Crippen LogP contribution in [0.1, 0.15) is 19.8 Å². The molecule has 1 aromatic rings. The molecule has 88 valence electrons. The van der Waals surface area contributed by atoms with E-state index in [9.17, 15) is 5.11 Å². The Kier molecular flexibility index (Phi) is 2.92. The van der Waals surface area contributed by atoms with E-state index in [2.05, 4.69) is 5.32 Å². The zero-order valence-electron chi connectivity index (χ0n) is 9.49. The minimum Gasteiger partial charge on any atom is -0.492 e. The first-order chi connectivity index (χ1) is 7.69. The molecule has 0 saturated heterocycles. The lowest BCUT2D eigenvalue weighted by molar-refractivity contribution is 0.266. The number of anilines is 2. The van der Waals surface area contributed by atoms with Crippen LogP contribution in [-0.4, -0.2) is 23.9 Å². The van der Waals surface area contributed by atoms with Crippen LogP contribution in [-0.2, 0) is 0 Å². The van der Waals surface area contributed by atoms with E-state index in [0.717, 1.165) is 18.5 Å². The van der Waals surface area contributed by atoms with E-state index in [4.69, 9.17) is 10.5 Å². The summed E-state index contributed by atoms with van der Waals surface area (Å²) in [6.45, 7) is 2.69. The van der Waals surface area contributed by atoms with Crippen molar-refractivity contribution in [2.75, 3.05) is 24.3 Å². The van der Waals surface area contributed by atoms with Crippen LogP contribution in [0.4, 0.5) is 11.4 Å². The molecule has 1 aliphatic carbocycles. The number of aliphatic hydroxyl groups excluding tert-OH is 1. The number of benzene rings is 1. The van der Waals surface area contributed by atoms with Gasteiger partial charge in [-0.15, -0.1) is 0 Å². The Morgan fingerprint density at radius 1 is 1.50 bits per heavy atom. The van der Waals surface area contributed by atoms with E-state index in [0.29, 0.717) is 18.0 Å². The van der Waals surface area contributed by atoms with Crippen molar-refractivity contribution >= 4 is 11.4 Å². The third-order valence-electron chi connectivity index (χ3n) is 2.88. The molecule has 4 nitrogen and oxygen atoms in total. The molecule has 0 spiro atoms. The Bertz CT molecular complexity index is 375. The number of nitrogens with two attached hydrogens (primary N) is 1. The van der Waals surface area contributed by atoms with Crippen molar-refractivity contribution in [1.29, 1.82) is 0 Å². The maximum absolute atomic E-state index is 9.23. The van der Waals surface area contributed by atoms with Gasteiger partial charge < -0.3 is 20.9 Å². The van der Waals surface area contributed by atoms with Crippen molar-refractivity contribution in [3.05, 3.63) is 18.2 Å². The molecule has 1 fully saturated rings. The minimum atomic E-state index is -0.112. The van der Waals surface area contributed by atoms with Crippen molar-refractivity contribution in [2.45, 2.75) is 25.3 Å². The molecule has 0 radical (unpaired) electrons. The van der Waals surface area contributed by atoms with Crippen molar-refractivity contribution in [3.8, 4) is 5.75 Å². The lowest BCUT2D eigenvalue weighted by Crippen LogP contribution is -2.25. The van der Waals surface area contributed by atoms with Gasteiger partial charge in [0.1, 0.15) is 5.75 Å². The Hall–Kier alpha value is -1.42. The maximum atomic E-state index is 9.23. The summed E-state index contributed by atoms with van der Waals surface area (Å²) in [7, 11) is 0. The maximum Gasteiger partial charge on any atom is 0.144 e. The summed E-state index contributed by atoms with van der Waals surface area (Å²) in [5.74, 6) is 0.696. The number of hydrogen-bond acceptors (Lipinski definition) is 4. The SMILES string of the molecule is CCOc1cc(NC2(CO)CC2)ccc1N. The molecule has 2 rings (SSSR count). The van der Waals surface area contributed by atoms with Crippen LogP contribution in [0.5, 0.6) is 5.75 Å². The van der Waals surface area contributed by atoms with Gasteiger partial charge in [0.05, 0.1) is 24.4 Å². The summed E-state index contributed by atoms with van der Waals surface area (Å²) < 4.78 is 5.42. The molecule has 0 aliphatic heterocycles. The molecule has 16 heavy (non-hydrogen) atoms. The summed E-state index contributed by atoms with van der Waals surface area (Å²) in [5.41, 5.74) is 7.26. The Morgan fingerprint density at radius 2 is 2.25 bits per heavy atom. The monoisotopic (exact) mass is 222 g/mol. The molecule has 1 aliphatic rings. The summed E-state index contributed by atoms with van der Waals surface area (Å²) in [6.07, 6.45) is 2.02. The number of ether oxygens (including phenoxy) is 1. The normalized spacial score (nSPS) is 16.9. The first kappa shape index (κ1) is 11.1. The van der Waals surface area contributed by atoms with Crippen LogP contribution >= 0.6 is 0 Å². The highest BCUT2D eigenvalue weighted by molar-refractivity contribution is 5.62. The average molecular weight is 222 g/mol. The molecule has 0 amide bonds. The summed E-state index contributed by atoms with van der Waals surface area (Å²) in [6, 6.07) is 5.61. The van der Waals surface area contributed by atoms with Crippen LogP contribution in [0, 0.1) is 0 Å². The third-order valence-corrected chi connectivity index (χ3v) is 2.88. The smallest absolute Gasteiger partial charge is 0.144 e. The number of aliphatic hydroxyl groups is 1. The van der Waals surface area contributed by atoms with E-state index >= 15 is 0 Å². The second kappa shape index (κ2) is 4.22. The predicted octanol–water partition coefficient (Wildman–Crippen LogP) is 1.60. The summed E-state index contributed by atoms with van der Waals surface area (Å²) in [5, 5.41) is 12.5. The van der Waals surface area contributed by atoms with Crippen molar-refractivity contribution in [3.63, 3.8) is 0 Å². The lowest BCUT2D eigenvalue weighted by Gasteiger charge is -2.17. The summed E-state index contributed by atoms with van der Waals surface area (Å²) in [4.78, 5) is 0.